The Balaban J connectivity index is 1.90. The minimum atomic E-state index is 0.277. The van der Waals surface area contributed by atoms with Crippen LogP contribution in [0.1, 0.15) is 19.3 Å². The van der Waals surface area contributed by atoms with E-state index in [1.54, 1.807) is 0 Å². The molecule has 1 aromatic carbocycles. The first-order valence-electron chi connectivity index (χ1n) is 7.33. The molecule has 2 aromatic rings. The summed E-state index contributed by atoms with van der Waals surface area (Å²) in [6.45, 7) is 3.36. The van der Waals surface area contributed by atoms with E-state index in [1.807, 2.05) is 12.1 Å². The van der Waals surface area contributed by atoms with Gasteiger partial charge in [0.1, 0.15) is 5.82 Å². The maximum absolute atomic E-state index is 6.10. The van der Waals surface area contributed by atoms with Crippen molar-refractivity contribution in [3.63, 3.8) is 0 Å². The Morgan fingerprint density at radius 1 is 0.952 bits per heavy atom. The molecule has 0 N–H and O–H groups in total. The van der Waals surface area contributed by atoms with Gasteiger partial charge in [0.2, 0.25) is 5.28 Å². The van der Waals surface area contributed by atoms with E-state index in [0.717, 1.165) is 47.7 Å². The number of hydrogen-bond donors (Lipinski definition) is 0. The molecule has 0 amide bonds. The second kappa shape index (κ2) is 5.22. The van der Waals surface area contributed by atoms with Gasteiger partial charge in [0.05, 0.1) is 18.7 Å². The van der Waals surface area contributed by atoms with Crippen LogP contribution in [0.3, 0.4) is 0 Å². The van der Waals surface area contributed by atoms with E-state index < -0.39 is 0 Å². The Labute approximate surface area is 127 Å². The average Bonchev–Trinajstić information content (AvgIpc) is 2.91. The van der Waals surface area contributed by atoms with Crippen molar-refractivity contribution in [1.82, 2.24) is 9.97 Å². The molecule has 0 spiro atoms. The third-order valence-corrected chi connectivity index (χ3v) is 4.09. The molecule has 1 saturated heterocycles. The van der Waals surface area contributed by atoms with Gasteiger partial charge in [-0.2, -0.15) is 4.98 Å². The molecular formula is C15H16ClN3O2. The van der Waals surface area contributed by atoms with Gasteiger partial charge in [-0.1, -0.05) is 0 Å². The van der Waals surface area contributed by atoms with E-state index in [9.17, 15) is 0 Å². The predicted octanol–water partition coefficient (Wildman–Crippen LogP) is 3.04. The van der Waals surface area contributed by atoms with Crippen molar-refractivity contribution in [2.45, 2.75) is 19.3 Å². The predicted molar refractivity (Wildman–Crippen MR) is 81.6 cm³/mol. The highest BCUT2D eigenvalue weighted by molar-refractivity contribution is 6.28. The molecule has 0 atom stereocenters. The van der Waals surface area contributed by atoms with Crippen molar-refractivity contribution >= 4 is 28.3 Å². The summed E-state index contributed by atoms with van der Waals surface area (Å²) in [5, 5.41) is 1.25. The maximum Gasteiger partial charge on any atom is 0.224 e. The second-order valence-electron chi connectivity index (χ2n) is 5.38. The third kappa shape index (κ3) is 2.35. The Kier molecular flexibility index (Phi) is 3.22. The van der Waals surface area contributed by atoms with Crippen molar-refractivity contribution < 1.29 is 9.47 Å². The summed E-state index contributed by atoms with van der Waals surface area (Å²) >= 11 is 6.10. The van der Waals surface area contributed by atoms with Gasteiger partial charge in [-0.15, -0.1) is 0 Å². The van der Waals surface area contributed by atoms with Crippen LogP contribution in [0.25, 0.3) is 10.9 Å². The van der Waals surface area contributed by atoms with Crippen LogP contribution in [0.2, 0.25) is 5.28 Å². The van der Waals surface area contributed by atoms with Crippen molar-refractivity contribution in [2.75, 3.05) is 31.2 Å². The van der Waals surface area contributed by atoms with Gasteiger partial charge in [-0.25, -0.2) is 4.98 Å². The van der Waals surface area contributed by atoms with Crippen molar-refractivity contribution in [2.24, 2.45) is 0 Å². The first kappa shape index (κ1) is 13.0. The lowest BCUT2D eigenvalue weighted by molar-refractivity contribution is 0.297. The van der Waals surface area contributed by atoms with Crippen LogP contribution in [0.4, 0.5) is 5.82 Å². The molecule has 21 heavy (non-hydrogen) atoms. The fraction of sp³-hybridized carbons (Fsp3) is 0.467. The topological polar surface area (TPSA) is 47.5 Å². The normalized spacial score (nSPS) is 18.0. The molecule has 0 unspecified atom stereocenters. The monoisotopic (exact) mass is 305 g/mol. The van der Waals surface area contributed by atoms with Gasteiger partial charge >= 0.3 is 0 Å². The van der Waals surface area contributed by atoms with E-state index in [2.05, 4.69) is 14.9 Å². The zero-order valence-corrected chi connectivity index (χ0v) is 12.4. The fourth-order valence-corrected chi connectivity index (χ4v) is 3.08. The number of nitrogens with zero attached hydrogens (tertiary/aromatic N) is 3. The minimum absolute atomic E-state index is 0.277. The van der Waals surface area contributed by atoms with E-state index in [4.69, 9.17) is 21.1 Å². The molecule has 0 radical (unpaired) electrons. The van der Waals surface area contributed by atoms with Crippen LogP contribution in [0, 0.1) is 0 Å². The van der Waals surface area contributed by atoms with E-state index in [1.165, 1.54) is 12.8 Å². The zero-order valence-electron chi connectivity index (χ0n) is 11.6. The van der Waals surface area contributed by atoms with Crippen molar-refractivity contribution in [3.05, 3.63) is 17.4 Å². The summed E-state index contributed by atoms with van der Waals surface area (Å²) < 4.78 is 11.5. The fourth-order valence-electron chi connectivity index (χ4n) is 2.91. The summed E-state index contributed by atoms with van der Waals surface area (Å²) in [4.78, 5) is 11.0. The van der Waals surface area contributed by atoms with Gasteiger partial charge in [0.25, 0.3) is 0 Å². The quantitative estimate of drug-likeness (QED) is 0.758. The molecule has 1 fully saturated rings. The highest BCUT2D eigenvalue weighted by atomic mass is 35.5. The van der Waals surface area contributed by atoms with Crippen LogP contribution in [0.15, 0.2) is 12.1 Å². The van der Waals surface area contributed by atoms with Crippen LogP contribution >= 0.6 is 11.6 Å². The van der Waals surface area contributed by atoms with Crippen molar-refractivity contribution in [3.8, 4) is 11.5 Å². The Bertz CT molecular complexity index is 686. The molecule has 4 rings (SSSR count). The van der Waals surface area contributed by atoms with Crippen LogP contribution in [-0.2, 0) is 0 Å². The maximum atomic E-state index is 6.10. The Morgan fingerprint density at radius 2 is 1.67 bits per heavy atom. The second-order valence-corrected chi connectivity index (χ2v) is 5.72. The van der Waals surface area contributed by atoms with Gasteiger partial charge in [0, 0.05) is 31.0 Å². The van der Waals surface area contributed by atoms with Crippen LogP contribution < -0.4 is 14.4 Å². The lowest BCUT2D eigenvalue weighted by Gasteiger charge is -2.19. The van der Waals surface area contributed by atoms with E-state index in [0.29, 0.717) is 13.2 Å². The summed E-state index contributed by atoms with van der Waals surface area (Å²) in [5.41, 5.74) is 0.807. The van der Waals surface area contributed by atoms with E-state index >= 15 is 0 Å². The van der Waals surface area contributed by atoms with Gasteiger partial charge in [-0.05, 0) is 30.5 Å². The standard InChI is InChI=1S/C15H16ClN3O2/c16-15-17-11-9-13-12(20-6-3-7-21-13)8-10(11)14(18-15)19-4-1-2-5-19/h8-9H,1-7H2. The molecule has 6 heteroatoms. The summed E-state index contributed by atoms with van der Waals surface area (Å²) in [6, 6.07) is 3.89. The molecular weight excluding hydrogens is 290 g/mol. The highest BCUT2D eigenvalue weighted by Crippen LogP contribution is 2.37. The summed E-state index contributed by atoms with van der Waals surface area (Å²) in [7, 11) is 0. The Hall–Kier alpha value is -1.75. The summed E-state index contributed by atoms with van der Waals surface area (Å²) in [5.74, 6) is 2.41. The van der Waals surface area contributed by atoms with Gasteiger partial charge in [0.15, 0.2) is 11.5 Å². The molecule has 0 saturated carbocycles. The molecule has 0 aliphatic carbocycles. The molecule has 110 valence electrons. The van der Waals surface area contributed by atoms with Gasteiger partial charge in [-0.3, -0.25) is 0 Å². The summed E-state index contributed by atoms with van der Waals surface area (Å²) in [6.07, 6.45) is 3.26. The van der Waals surface area contributed by atoms with E-state index in [-0.39, 0.29) is 5.28 Å². The molecule has 0 bridgehead atoms. The molecule has 5 nitrogen and oxygen atoms in total. The third-order valence-electron chi connectivity index (χ3n) is 3.92. The average molecular weight is 306 g/mol. The number of ether oxygens (including phenoxy) is 2. The zero-order chi connectivity index (χ0) is 14.2. The largest absolute Gasteiger partial charge is 0.490 e. The van der Waals surface area contributed by atoms with Gasteiger partial charge < -0.3 is 14.4 Å². The molecule has 1 aromatic heterocycles. The first-order valence-corrected chi connectivity index (χ1v) is 7.71. The smallest absolute Gasteiger partial charge is 0.224 e. The Morgan fingerprint density at radius 3 is 2.43 bits per heavy atom. The van der Waals surface area contributed by atoms with Crippen LogP contribution in [-0.4, -0.2) is 36.3 Å². The highest BCUT2D eigenvalue weighted by Gasteiger charge is 2.20. The lowest BCUT2D eigenvalue weighted by Crippen LogP contribution is -2.19. The number of fused-ring (bicyclic) bond motifs is 2. The molecule has 2 aliphatic heterocycles. The van der Waals surface area contributed by atoms with Crippen LogP contribution in [0.5, 0.6) is 11.5 Å². The molecule has 3 heterocycles. The number of aromatic nitrogens is 2. The minimum Gasteiger partial charge on any atom is -0.490 e. The number of rotatable bonds is 1. The van der Waals surface area contributed by atoms with Crippen molar-refractivity contribution in [1.29, 1.82) is 0 Å². The molecule has 2 aliphatic rings. The number of halogens is 1. The number of hydrogen-bond acceptors (Lipinski definition) is 5. The first-order chi connectivity index (χ1) is 10.3. The number of anilines is 1. The SMILES string of the molecule is Clc1nc(N2CCCC2)c2cc3c(cc2n1)OCCCO3. The number of benzene rings is 1. The lowest BCUT2D eigenvalue weighted by atomic mass is 10.2.